The SMILES string of the molecule is N#Cc1ccc(N(/[N+]([O-])=N/[O-])C(F)(F)F)cc1. The van der Waals surface area contributed by atoms with Crippen molar-refractivity contribution in [3.63, 3.8) is 0 Å². The molecule has 0 aromatic heterocycles. The van der Waals surface area contributed by atoms with Gasteiger partial charge in [0.15, 0.2) is 0 Å². The monoisotopic (exact) mass is 245 g/mol. The number of hydrogen-bond donors (Lipinski definition) is 0. The van der Waals surface area contributed by atoms with E-state index in [2.05, 4.69) is 0 Å². The number of alkyl halides is 3. The van der Waals surface area contributed by atoms with Gasteiger partial charge in [-0.3, -0.25) is 0 Å². The molecule has 0 unspecified atom stereocenters. The highest BCUT2D eigenvalue weighted by Gasteiger charge is 2.45. The lowest BCUT2D eigenvalue weighted by molar-refractivity contribution is -0.574. The molecule has 0 heterocycles. The van der Waals surface area contributed by atoms with Crippen molar-refractivity contribution in [2.24, 2.45) is 5.28 Å². The quantitative estimate of drug-likeness (QED) is 0.346. The zero-order valence-corrected chi connectivity index (χ0v) is 8.05. The average molecular weight is 245 g/mol. The molecular weight excluding hydrogens is 241 g/mol. The maximum absolute atomic E-state index is 12.4. The third-order valence-corrected chi connectivity index (χ3v) is 1.72. The van der Waals surface area contributed by atoms with Crippen molar-refractivity contribution < 1.29 is 18.1 Å². The molecule has 0 amide bonds. The second-order valence-electron chi connectivity index (χ2n) is 2.77. The standard InChI is InChI=1S/C8H5F3N4O2/c9-8(10,11)14(15(17)13-16)7-3-1-6(5-12)2-4-7/h1-4,16H/p-1/b15-13-. The second-order valence-corrected chi connectivity index (χ2v) is 2.77. The minimum atomic E-state index is -5.09. The van der Waals surface area contributed by atoms with Crippen LogP contribution < -0.4 is 5.01 Å². The summed E-state index contributed by atoms with van der Waals surface area (Å²) in [6.07, 6.45) is -5.09. The fraction of sp³-hybridized carbons (Fsp3) is 0.125. The smallest absolute Gasteiger partial charge is 0.539 e. The van der Waals surface area contributed by atoms with Crippen molar-refractivity contribution in [1.29, 1.82) is 5.26 Å². The number of anilines is 1. The molecule has 0 N–H and O–H groups in total. The summed E-state index contributed by atoms with van der Waals surface area (Å²) in [6, 6.07) is 5.60. The lowest BCUT2D eigenvalue weighted by Crippen LogP contribution is -2.42. The molecule has 17 heavy (non-hydrogen) atoms. The first-order valence-electron chi connectivity index (χ1n) is 4.07. The summed E-state index contributed by atoms with van der Waals surface area (Å²) in [5.74, 6) is 0. The molecule has 0 aliphatic carbocycles. The van der Waals surface area contributed by atoms with Gasteiger partial charge in [-0.25, -0.2) is 0 Å². The van der Waals surface area contributed by atoms with E-state index in [9.17, 15) is 23.6 Å². The number of halogens is 3. The zero-order valence-electron chi connectivity index (χ0n) is 8.05. The Morgan fingerprint density at radius 2 is 1.82 bits per heavy atom. The Morgan fingerprint density at radius 3 is 2.18 bits per heavy atom. The topological polar surface area (TPSA) is 88.5 Å². The van der Waals surface area contributed by atoms with E-state index in [1.54, 1.807) is 11.3 Å². The Labute approximate surface area is 92.9 Å². The molecule has 0 radical (unpaired) electrons. The van der Waals surface area contributed by atoms with Crippen LogP contribution in [0.4, 0.5) is 18.9 Å². The van der Waals surface area contributed by atoms with Crippen LogP contribution in [0, 0.1) is 21.7 Å². The van der Waals surface area contributed by atoms with Crippen molar-refractivity contribution in [1.82, 2.24) is 0 Å². The van der Waals surface area contributed by atoms with Gasteiger partial charge < -0.3 is 10.4 Å². The minimum Gasteiger partial charge on any atom is -0.737 e. The van der Waals surface area contributed by atoms with E-state index in [4.69, 9.17) is 5.26 Å². The van der Waals surface area contributed by atoms with E-state index in [1.165, 1.54) is 0 Å². The Hall–Kier alpha value is -2.50. The van der Waals surface area contributed by atoms with E-state index in [0.29, 0.717) is 0 Å². The third-order valence-electron chi connectivity index (χ3n) is 1.72. The molecule has 1 aromatic carbocycles. The maximum Gasteiger partial charge on any atom is 0.539 e. The van der Waals surface area contributed by atoms with Crippen LogP contribution in [-0.4, -0.2) is 11.3 Å². The van der Waals surface area contributed by atoms with E-state index >= 15 is 0 Å². The highest BCUT2D eigenvalue weighted by atomic mass is 19.4. The number of benzene rings is 1. The molecule has 0 aliphatic heterocycles. The predicted octanol–water partition coefficient (Wildman–Crippen LogP) is 2.26. The third kappa shape index (κ3) is 2.75. The van der Waals surface area contributed by atoms with Crippen LogP contribution in [0.3, 0.4) is 0 Å². The van der Waals surface area contributed by atoms with Gasteiger partial charge in [-0.1, -0.05) is 0 Å². The van der Waals surface area contributed by atoms with Crippen LogP contribution in [0.15, 0.2) is 29.5 Å². The lowest BCUT2D eigenvalue weighted by Gasteiger charge is -2.20. The van der Waals surface area contributed by atoms with Gasteiger partial charge in [-0.15, -0.1) is 13.2 Å². The van der Waals surface area contributed by atoms with Gasteiger partial charge in [0.05, 0.1) is 11.6 Å². The normalized spacial score (nSPS) is 12.0. The molecular formula is C8H4F3N4O2-. The van der Waals surface area contributed by atoms with Crippen LogP contribution >= 0.6 is 0 Å². The van der Waals surface area contributed by atoms with E-state index in [-0.39, 0.29) is 5.56 Å². The second kappa shape index (κ2) is 4.56. The summed E-state index contributed by atoms with van der Waals surface area (Å²) in [4.78, 5) is -1.12. The van der Waals surface area contributed by atoms with E-state index in [1.807, 2.05) is 0 Å². The van der Waals surface area contributed by atoms with E-state index in [0.717, 1.165) is 24.3 Å². The number of nitrogens with zero attached hydrogens (tertiary/aromatic N) is 4. The molecule has 1 aromatic rings. The van der Waals surface area contributed by atoms with Crippen molar-refractivity contribution >= 4 is 5.69 Å². The van der Waals surface area contributed by atoms with Crippen LogP contribution in [-0.2, 0) is 0 Å². The first-order chi connectivity index (χ1) is 7.90. The molecule has 6 nitrogen and oxygen atoms in total. The predicted molar refractivity (Wildman–Crippen MR) is 49.1 cm³/mol. The van der Waals surface area contributed by atoms with Gasteiger partial charge in [0.1, 0.15) is 5.69 Å². The molecule has 90 valence electrons. The van der Waals surface area contributed by atoms with Crippen LogP contribution in [0.1, 0.15) is 5.56 Å². The first-order valence-corrected chi connectivity index (χ1v) is 4.07. The molecule has 0 saturated heterocycles. The Balaban J connectivity index is 3.19. The zero-order chi connectivity index (χ0) is 13.1. The molecule has 0 fully saturated rings. The Kier molecular flexibility index (Phi) is 3.37. The van der Waals surface area contributed by atoms with Crippen LogP contribution in [0.5, 0.6) is 0 Å². The number of rotatable bonds is 2. The fourth-order valence-electron chi connectivity index (χ4n) is 1.06. The molecule has 0 spiro atoms. The van der Waals surface area contributed by atoms with Gasteiger partial charge >= 0.3 is 6.30 Å². The van der Waals surface area contributed by atoms with Gasteiger partial charge in [-0.05, 0) is 34.6 Å². The van der Waals surface area contributed by atoms with Gasteiger partial charge in [0.2, 0.25) is 0 Å². The molecule has 9 heteroatoms. The van der Waals surface area contributed by atoms with Crippen molar-refractivity contribution in [2.45, 2.75) is 6.30 Å². The van der Waals surface area contributed by atoms with Gasteiger partial charge in [0, 0.05) is 4.97 Å². The van der Waals surface area contributed by atoms with Crippen LogP contribution in [0.2, 0.25) is 0 Å². The minimum absolute atomic E-state index is 0.118. The summed E-state index contributed by atoms with van der Waals surface area (Å²) in [6.45, 7) is 0. The molecule has 0 aliphatic rings. The van der Waals surface area contributed by atoms with Gasteiger partial charge in [-0.2, -0.15) is 5.26 Å². The highest BCUT2D eigenvalue weighted by molar-refractivity contribution is 5.47. The number of nitriles is 1. The number of hydrazine groups is 1. The fourth-order valence-corrected chi connectivity index (χ4v) is 1.06. The Bertz CT molecular complexity index is 463. The largest absolute Gasteiger partial charge is 0.737 e. The number of hydrogen-bond acceptors (Lipinski definition) is 4. The summed E-state index contributed by atoms with van der Waals surface area (Å²) in [7, 11) is 0. The van der Waals surface area contributed by atoms with E-state index < -0.39 is 22.0 Å². The van der Waals surface area contributed by atoms with Crippen LogP contribution in [0.25, 0.3) is 0 Å². The highest BCUT2D eigenvalue weighted by Crippen LogP contribution is 2.28. The van der Waals surface area contributed by atoms with Crippen molar-refractivity contribution in [2.75, 3.05) is 5.01 Å². The summed E-state index contributed by atoms with van der Waals surface area (Å²) < 4.78 is 37.3. The molecule has 0 atom stereocenters. The Morgan fingerprint density at radius 1 is 1.29 bits per heavy atom. The molecule has 0 bridgehead atoms. The average Bonchev–Trinajstić information content (AvgIpc) is 2.28. The summed E-state index contributed by atoms with van der Waals surface area (Å²) in [5.41, 5.74) is -0.501. The van der Waals surface area contributed by atoms with Crippen molar-refractivity contribution in [3.05, 3.63) is 40.2 Å². The maximum atomic E-state index is 12.4. The molecule has 0 saturated carbocycles. The summed E-state index contributed by atoms with van der Waals surface area (Å²) in [5, 5.41) is 29.9. The first kappa shape index (κ1) is 12.6. The molecule has 1 rings (SSSR count). The lowest BCUT2D eigenvalue weighted by atomic mass is 10.2. The van der Waals surface area contributed by atoms with Gasteiger partial charge in [0.25, 0.3) is 0 Å². The summed E-state index contributed by atoms with van der Waals surface area (Å²) >= 11 is 0. The van der Waals surface area contributed by atoms with Crippen molar-refractivity contribution in [3.8, 4) is 6.07 Å².